The van der Waals surface area contributed by atoms with Crippen LogP contribution >= 0.6 is 0 Å². The highest BCUT2D eigenvalue weighted by atomic mass is 32.2. The van der Waals surface area contributed by atoms with Crippen molar-refractivity contribution >= 4 is 15.8 Å². The number of aryl methyl sites for hydroxylation is 1. The monoisotopic (exact) mass is 215 g/mol. The summed E-state index contributed by atoms with van der Waals surface area (Å²) in [7, 11) is -4.02. The van der Waals surface area contributed by atoms with E-state index in [4.69, 9.17) is 4.55 Å². The summed E-state index contributed by atoms with van der Waals surface area (Å²) in [6, 6.07) is 7.27. The Kier molecular flexibility index (Phi) is 3.13. The SMILES string of the molecule is Cc1cccc(NC(C)S(=O)(=O)O)c1. The van der Waals surface area contributed by atoms with Crippen molar-refractivity contribution in [3.8, 4) is 0 Å². The largest absolute Gasteiger partial charge is 0.367 e. The van der Waals surface area contributed by atoms with Gasteiger partial charge in [-0.3, -0.25) is 4.55 Å². The first kappa shape index (κ1) is 11.0. The summed E-state index contributed by atoms with van der Waals surface area (Å²) in [6.07, 6.45) is 0. The molecule has 5 heteroatoms. The standard InChI is InChI=1S/C9H13NO3S/c1-7-4-3-5-9(6-7)10-8(2)14(11,12)13/h3-6,8,10H,1-2H3,(H,11,12,13). The maximum atomic E-state index is 10.7. The van der Waals surface area contributed by atoms with Crippen molar-refractivity contribution in [1.29, 1.82) is 0 Å². The summed E-state index contributed by atoms with van der Waals surface area (Å²) in [5.41, 5.74) is 1.70. The maximum Gasteiger partial charge on any atom is 0.285 e. The highest BCUT2D eigenvalue weighted by Crippen LogP contribution is 2.12. The van der Waals surface area contributed by atoms with Gasteiger partial charge in [0.05, 0.1) is 0 Å². The van der Waals surface area contributed by atoms with Crippen LogP contribution in [0.5, 0.6) is 0 Å². The summed E-state index contributed by atoms with van der Waals surface area (Å²) in [6.45, 7) is 3.29. The molecule has 0 amide bonds. The second-order valence-corrected chi connectivity index (χ2v) is 4.91. The predicted octanol–water partition coefficient (Wildman–Crippen LogP) is 1.64. The average Bonchev–Trinajstić information content (AvgIpc) is 2.02. The summed E-state index contributed by atoms with van der Waals surface area (Å²) < 4.78 is 30.2. The Morgan fingerprint density at radius 1 is 1.43 bits per heavy atom. The molecule has 0 saturated heterocycles. The minimum Gasteiger partial charge on any atom is -0.367 e. The van der Waals surface area contributed by atoms with Crippen molar-refractivity contribution in [2.75, 3.05) is 5.32 Å². The molecule has 0 aliphatic carbocycles. The molecule has 1 atom stereocenters. The molecule has 4 nitrogen and oxygen atoms in total. The van der Waals surface area contributed by atoms with Gasteiger partial charge in [0, 0.05) is 5.69 Å². The van der Waals surface area contributed by atoms with Gasteiger partial charge in [0.2, 0.25) is 0 Å². The molecule has 0 aliphatic rings. The number of hydrogen-bond donors (Lipinski definition) is 2. The molecular weight excluding hydrogens is 202 g/mol. The van der Waals surface area contributed by atoms with E-state index in [1.165, 1.54) is 6.92 Å². The fraction of sp³-hybridized carbons (Fsp3) is 0.333. The number of benzene rings is 1. The van der Waals surface area contributed by atoms with Gasteiger partial charge in [0.15, 0.2) is 5.37 Å². The zero-order valence-electron chi connectivity index (χ0n) is 8.06. The van der Waals surface area contributed by atoms with Gasteiger partial charge in [-0.25, -0.2) is 0 Å². The highest BCUT2D eigenvalue weighted by Gasteiger charge is 2.16. The van der Waals surface area contributed by atoms with Gasteiger partial charge in [-0.05, 0) is 31.5 Å². The number of anilines is 1. The number of nitrogens with one attached hydrogen (secondary N) is 1. The second-order valence-electron chi connectivity index (χ2n) is 3.17. The summed E-state index contributed by atoms with van der Waals surface area (Å²) in [5.74, 6) is 0. The first-order chi connectivity index (χ1) is 6.39. The normalized spacial score (nSPS) is 13.6. The summed E-state index contributed by atoms with van der Waals surface area (Å²) >= 11 is 0. The van der Waals surface area contributed by atoms with Gasteiger partial charge in [0.25, 0.3) is 10.1 Å². The van der Waals surface area contributed by atoms with Gasteiger partial charge in [-0.1, -0.05) is 12.1 Å². The molecule has 0 heterocycles. The molecule has 0 saturated carbocycles. The smallest absolute Gasteiger partial charge is 0.285 e. The lowest BCUT2D eigenvalue weighted by Crippen LogP contribution is -2.25. The van der Waals surface area contributed by atoms with E-state index < -0.39 is 15.5 Å². The van der Waals surface area contributed by atoms with Crippen molar-refractivity contribution in [2.45, 2.75) is 19.2 Å². The van der Waals surface area contributed by atoms with E-state index in [9.17, 15) is 8.42 Å². The van der Waals surface area contributed by atoms with Crippen LogP contribution in [0.25, 0.3) is 0 Å². The zero-order valence-corrected chi connectivity index (χ0v) is 8.88. The minimum absolute atomic E-state index is 0.676. The fourth-order valence-electron chi connectivity index (χ4n) is 1.04. The van der Waals surface area contributed by atoms with E-state index in [-0.39, 0.29) is 0 Å². The fourth-order valence-corrected chi connectivity index (χ4v) is 1.33. The molecule has 1 aromatic carbocycles. The van der Waals surface area contributed by atoms with Crippen LogP contribution in [0.1, 0.15) is 12.5 Å². The van der Waals surface area contributed by atoms with Gasteiger partial charge in [-0.15, -0.1) is 0 Å². The lowest BCUT2D eigenvalue weighted by Gasteiger charge is -2.12. The molecule has 1 rings (SSSR count). The zero-order chi connectivity index (χ0) is 10.8. The molecular formula is C9H13NO3S. The average molecular weight is 215 g/mol. The maximum absolute atomic E-state index is 10.7. The molecule has 78 valence electrons. The van der Waals surface area contributed by atoms with Crippen LogP contribution in [-0.4, -0.2) is 18.3 Å². The van der Waals surface area contributed by atoms with Gasteiger partial charge in [-0.2, -0.15) is 8.42 Å². The van der Waals surface area contributed by atoms with E-state index in [2.05, 4.69) is 5.32 Å². The Hall–Kier alpha value is -1.07. The highest BCUT2D eigenvalue weighted by molar-refractivity contribution is 7.86. The van der Waals surface area contributed by atoms with Crippen LogP contribution < -0.4 is 5.32 Å². The third-order valence-corrected chi connectivity index (χ3v) is 2.85. The van der Waals surface area contributed by atoms with Crippen molar-refractivity contribution in [3.05, 3.63) is 29.8 Å². The summed E-state index contributed by atoms with van der Waals surface area (Å²) in [4.78, 5) is 0. The van der Waals surface area contributed by atoms with Crippen molar-refractivity contribution in [2.24, 2.45) is 0 Å². The topological polar surface area (TPSA) is 66.4 Å². The van der Waals surface area contributed by atoms with Gasteiger partial charge < -0.3 is 5.32 Å². The third kappa shape index (κ3) is 3.01. The first-order valence-electron chi connectivity index (χ1n) is 4.19. The molecule has 0 aliphatic heterocycles. The first-order valence-corrected chi connectivity index (χ1v) is 5.69. The Balaban J connectivity index is 2.80. The van der Waals surface area contributed by atoms with Crippen LogP contribution in [0.4, 0.5) is 5.69 Å². The van der Waals surface area contributed by atoms with E-state index in [1.54, 1.807) is 6.07 Å². The molecule has 1 aromatic rings. The van der Waals surface area contributed by atoms with Crippen molar-refractivity contribution in [1.82, 2.24) is 0 Å². The predicted molar refractivity (Wildman–Crippen MR) is 55.8 cm³/mol. The van der Waals surface area contributed by atoms with E-state index in [1.807, 2.05) is 25.1 Å². The summed E-state index contributed by atoms with van der Waals surface area (Å²) in [5, 5.41) is 1.69. The van der Waals surface area contributed by atoms with Gasteiger partial charge >= 0.3 is 0 Å². The van der Waals surface area contributed by atoms with E-state index in [0.29, 0.717) is 5.69 Å². The molecule has 14 heavy (non-hydrogen) atoms. The van der Waals surface area contributed by atoms with Crippen LogP contribution in [0.2, 0.25) is 0 Å². The molecule has 0 fully saturated rings. The molecule has 0 bridgehead atoms. The molecule has 2 N–H and O–H groups in total. The Morgan fingerprint density at radius 2 is 2.07 bits per heavy atom. The Bertz CT molecular complexity index is 414. The second kappa shape index (κ2) is 3.98. The molecule has 0 radical (unpaired) electrons. The Labute approximate surface area is 83.7 Å². The van der Waals surface area contributed by atoms with Crippen LogP contribution in [0.15, 0.2) is 24.3 Å². The molecule has 1 unspecified atom stereocenters. The minimum atomic E-state index is -4.02. The van der Waals surface area contributed by atoms with Crippen molar-refractivity contribution < 1.29 is 13.0 Å². The van der Waals surface area contributed by atoms with E-state index >= 15 is 0 Å². The quantitative estimate of drug-likeness (QED) is 0.752. The molecule has 0 aromatic heterocycles. The van der Waals surface area contributed by atoms with Gasteiger partial charge in [0.1, 0.15) is 0 Å². The molecule has 0 spiro atoms. The van der Waals surface area contributed by atoms with Crippen LogP contribution in [0.3, 0.4) is 0 Å². The van der Waals surface area contributed by atoms with Crippen LogP contribution in [0, 0.1) is 6.92 Å². The Morgan fingerprint density at radius 3 is 2.57 bits per heavy atom. The lowest BCUT2D eigenvalue weighted by molar-refractivity contribution is 0.475. The van der Waals surface area contributed by atoms with E-state index in [0.717, 1.165) is 5.56 Å². The lowest BCUT2D eigenvalue weighted by atomic mass is 10.2. The number of hydrogen-bond acceptors (Lipinski definition) is 3. The van der Waals surface area contributed by atoms with Crippen LogP contribution in [-0.2, 0) is 10.1 Å². The van der Waals surface area contributed by atoms with Crippen molar-refractivity contribution in [3.63, 3.8) is 0 Å². The third-order valence-electron chi connectivity index (χ3n) is 1.83. The number of rotatable bonds is 3.